The molecule has 0 aliphatic carbocycles. The van der Waals surface area contributed by atoms with Gasteiger partial charge in [-0.05, 0) is 38.8 Å². The van der Waals surface area contributed by atoms with Gasteiger partial charge in [-0.25, -0.2) is 4.98 Å². The van der Waals surface area contributed by atoms with E-state index < -0.39 is 0 Å². The van der Waals surface area contributed by atoms with E-state index >= 15 is 0 Å². The van der Waals surface area contributed by atoms with Gasteiger partial charge in [-0.15, -0.1) is 11.3 Å². The van der Waals surface area contributed by atoms with Gasteiger partial charge in [0.15, 0.2) is 0 Å². The Hall–Kier alpha value is -0.980. The number of nitrogens with zero attached hydrogens (tertiary/aromatic N) is 4. The summed E-state index contributed by atoms with van der Waals surface area (Å²) in [5, 5.41) is 1.08. The maximum Gasteiger partial charge on any atom is 0.265 e. The lowest BCUT2D eigenvalue weighted by Gasteiger charge is -2.51. The van der Waals surface area contributed by atoms with Gasteiger partial charge in [0.25, 0.3) is 5.91 Å². The first-order valence-electron chi connectivity index (χ1n) is 9.76. The average molecular weight is 363 g/mol. The Kier molecular flexibility index (Phi) is 4.86. The molecule has 6 heteroatoms. The molecule has 0 radical (unpaired) electrons. The van der Waals surface area contributed by atoms with Gasteiger partial charge in [0, 0.05) is 44.7 Å². The van der Waals surface area contributed by atoms with Crippen LogP contribution in [0.15, 0.2) is 0 Å². The topological polar surface area (TPSA) is 39.7 Å². The van der Waals surface area contributed by atoms with Crippen LogP contribution in [0.3, 0.4) is 0 Å². The Labute approximate surface area is 155 Å². The molecular formula is C19H30N4OS. The highest BCUT2D eigenvalue weighted by molar-refractivity contribution is 7.13. The number of piperidine rings is 3. The normalized spacial score (nSPS) is 30.2. The number of hydrogen-bond donors (Lipinski definition) is 0. The van der Waals surface area contributed by atoms with Gasteiger partial charge < -0.3 is 9.80 Å². The van der Waals surface area contributed by atoms with Gasteiger partial charge in [0.05, 0.1) is 10.7 Å². The lowest BCUT2D eigenvalue weighted by Crippen LogP contribution is -2.61. The van der Waals surface area contributed by atoms with Crippen LogP contribution in [0.4, 0.5) is 0 Å². The van der Waals surface area contributed by atoms with Gasteiger partial charge >= 0.3 is 0 Å². The summed E-state index contributed by atoms with van der Waals surface area (Å²) in [6, 6.07) is 0.720. The molecule has 1 aromatic heterocycles. The molecule has 4 fully saturated rings. The van der Waals surface area contributed by atoms with Gasteiger partial charge in [-0.1, -0.05) is 13.8 Å². The van der Waals surface area contributed by atoms with Crippen molar-refractivity contribution < 1.29 is 4.79 Å². The van der Waals surface area contributed by atoms with E-state index in [4.69, 9.17) is 0 Å². The molecule has 4 aliphatic heterocycles. The summed E-state index contributed by atoms with van der Waals surface area (Å²) >= 11 is 1.59. The van der Waals surface area contributed by atoms with Crippen molar-refractivity contribution in [1.29, 1.82) is 0 Å². The molecule has 5 nitrogen and oxygen atoms in total. The van der Waals surface area contributed by atoms with Crippen molar-refractivity contribution in [2.45, 2.75) is 45.6 Å². The quantitative estimate of drug-likeness (QED) is 0.828. The molecule has 0 N–H and O–H groups in total. The monoisotopic (exact) mass is 362 g/mol. The minimum Gasteiger partial charge on any atom is -0.335 e. The fourth-order valence-corrected chi connectivity index (χ4v) is 5.65. The molecule has 25 heavy (non-hydrogen) atoms. The SMILES string of the molecule is Cc1nc(C(C)C)sc1C(=O)N1CCN([C@@H]2CN3CCC2CC3)CC1. The Morgan fingerprint density at radius 1 is 1.12 bits per heavy atom. The summed E-state index contributed by atoms with van der Waals surface area (Å²) in [4.78, 5) is 25.7. The third-order valence-electron chi connectivity index (χ3n) is 6.19. The molecule has 1 atom stereocenters. The van der Waals surface area contributed by atoms with Crippen molar-refractivity contribution in [3.05, 3.63) is 15.6 Å². The molecule has 0 aromatic carbocycles. The van der Waals surface area contributed by atoms with Crippen LogP contribution in [0, 0.1) is 12.8 Å². The highest BCUT2D eigenvalue weighted by atomic mass is 32.1. The number of hydrogen-bond acceptors (Lipinski definition) is 5. The van der Waals surface area contributed by atoms with Crippen LogP contribution >= 0.6 is 11.3 Å². The van der Waals surface area contributed by atoms with E-state index in [-0.39, 0.29) is 5.91 Å². The highest BCUT2D eigenvalue weighted by Gasteiger charge is 2.38. The summed E-state index contributed by atoms with van der Waals surface area (Å²) in [5.74, 6) is 1.46. The number of amides is 1. The van der Waals surface area contributed by atoms with Crippen LogP contribution in [0.25, 0.3) is 0 Å². The molecule has 4 aliphatic rings. The van der Waals surface area contributed by atoms with E-state index in [1.54, 1.807) is 11.3 Å². The lowest BCUT2D eigenvalue weighted by molar-refractivity contribution is -0.0130. The Bertz CT molecular complexity index is 627. The van der Waals surface area contributed by atoms with Crippen LogP contribution in [0.1, 0.15) is 53.0 Å². The molecule has 2 bridgehead atoms. The van der Waals surface area contributed by atoms with Crippen LogP contribution in [-0.4, -0.2) is 77.4 Å². The smallest absolute Gasteiger partial charge is 0.265 e. The second-order valence-corrected chi connectivity index (χ2v) is 9.19. The molecule has 138 valence electrons. The second kappa shape index (κ2) is 6.97. The maximum atomic E-state index is 12.9. The third-order valence-corrected chi connectivity index (χ3v) is 7.64. The largest absolute Gasteiger partial charge is 0.335 e. The number of rotatable bonds is 3. The number of aromatic nitrogens is 1. The molecule has 5 rings (SSSR count). The third kappa shape index (κ3) is 3.36. The average Bonchev–Trinajstić information content (AvgIpc) is 3.04. The van der Waals surface area contributed by atoms with Crippen LogP contribution in [0.2, 0.25) is 0 Å². The summed E-state index contributed by atoms with van der Waals surface area (Å²) in [5.41, 5.74) is 0.901. The van der Waals surface area contributed by atoms with Gasteiger partial charge in [0.1, 0.15) is 4.88 Å². The molecule has 5 heterocycles. The predicted octanol–water partition coefficient (Wildman–Crippen LogP) is 2.43. The second-order valence-electron chi connectivity index (χ2n) is 8.15. The molecular weight excluding hydrogens is 332 g/mol. The zero-order valence-electron chi connectivity index (χ0n) is 15.7. The van der Waals surface area contributed by atoms with E-state index in [2.05, 4.69) is 28.6 Å². The Morgan fingerprint density at radius 2 is 1.80 bits per heavy atom. The van der Waals surface area contributed by atoms with Crippen molar-refractivity contribution in [2.24, 2.45) is 5.92 Å². The minimum atomic E-state index is 0.190. The molecule has 0 unspecified atom stereocenters. The Balaban J connectivity index is 1.38. The minimum absolute atomic E-state index is 0.190. The van der Waals surface area contributed by atoms with Crippen LogP contribution < -0.4 is 0 Å². The highest BCUT2D eigenvalue weighted by Crippen LogP contribution is 2.32. The standard InChI is InChI=1S/C19H30N4OS/c1-13(2)18-20-14(3)17(25-18)19(24)23-10-8-22(9-11-23)16-12-21-6-4-15(16)5-7-21/h13,15-16H,4-12H2,1-3H3/t16-/m1/s1. The number of carbonyl (C=O) groups excluding carboxylic acids is 1. The van der Waals surface area contributed by atoms with Crippen molar-refractivity contribution in [1.82, 2.24) is 19.7 Å². The van der Waals surface area contributed by atoms with Crippen molar-refractivity contribution >= 4 is 17.2 Å². The number of piperazine rings is 1. The fourth-order valence-electron chi connectivity index (χ4n) is 4.61. The van der Waals surface area contributed by atoms with E-state index in [1.807, 2.05) is 11.8 Å². The first-order valence-corrected chi connectivity index (χ1v) is 10.6. The van der Waals surface area contributed by atoms with Crippen LogP contribution in [0.5, 0.6) is 0 Å². The van der Waals surface area contributed by atoms with Gasteiger partial charge in [-0.2, -0.15) is 0 Å². The van der Waals surface area contributed by atoms with Crippen molar-refractivity contribution in [3.63, 3.8) is 0 Å². The summed E-state index contributed by atoms with van der Waals surface area (Å²) in [7, 11) is 0. The fraction of sp³-hybridized carbons (Fsp3) is 0.789. The van der Waals surface area contributed by atoms with Gasteiger partial charge in [0.2, 0.25) is 0 Å². The summed E-state index contributed by atoms with van der Waals surface area (Å²) < 4.78 is 0. The zero-order valence-corrected chi connectivity index (χ0v) is 16.5. The van der Waals surface area contributed by atoms with E-state index in [1.165, 1.54) is 32.5 Å². The first kappa shape index (κ1) is 17.4. The summed E-state index contributed by atoms with van der Waals surface area (Å²) in [6.45, 7) is 13.8. The Morgan fingerprint density at radius 3 is 2.32 bits per heavy atom. The number of aryl methyl sites for hydroxylation is 1. The number of thiazole rings is 1. The molecule has 4 saturated heterocycles. The van der Waals surface area contributed by atoms with E-state index in [0.717, 1.165) is 53.7 Å². The molecule has 1 amide bonds. The molecule has 0 saturated carbocycles. The van der Waals surface area contributed by atoms with Crippen molar-refractivity contribution in [3.8, 4) is 0 Å². The zero-order chi connectivity index (χ0) is 17.6. The van der Waals surface area contributed by atoms with Crippen molar-refractivity contribution in [2.75, 3.05) is 45.8 Å². The van der Waals surface area contributed by atoms with E-state index in [0.29, 0.717) is 5.92 Å². The predicted molar refractivity (Wildman–Crippen MR) is 101 cm³/mol. The molecule has 0 spiro atoms. The summed E-state index contributed by atoms with van der Waals surface area (Å²) in [6.07, 6.45) is 2.73. The molecule has 1 aromatic rings. The van der Waals surface area contributed by atoms with E-state index in [9.17, 15) is 4.79 Å². The maximum absolute atomic E-state index is 12.9. The van der Waals surface area contributed by atoms with Crippen LogP contribution in [-0.2, 0) is 0 Å². The number of fused-ring (bicyclic) bond motifs is 3. The lowest BCUT2D eigenvalue weighted by atomic mass is 9.83. The first-order chi connectivity index (χ1) is 12.0. The van der Waals surface area contributed by atoms with Gasteiger partial charge in [-0.3, -0.25) is 9.69 Å². The number of carbonyl (C=O) groups is 1.